The lowest BCUT2D eigenvalue weighted by Gasteiger charge is -2.48. The first-order chi connectivity index (χ1) is 20.0. The molecule has 2 aliphatic heterocycles. The van der Waals surface area contributed by atoms with E-state index in [1.807, 2.05) is 63.2 Å². The second kappa shape index (κ2) is 10.5. The van der Waals surface area contributed by atoms with Crippen LogP contribution in [0.25, 0.3) is 0 Å². The Balaban J connectivity index is 1.62. The van der Waals surface area contributed by atoms with E-state index in [0.29, 0.717) is 33.9 Å². The third-order valence-corrected chi connectivity index (χ3v) is 9.12. The minimum Gasteiger partial charge on any atom is -0.493 e. The number of fused-ring (bicyclic) bond motifs is 6. The Hall–Kier alpha value is -3.85. The molecule has 6 rings (SSSR count). The molecule has 9 heteroatoms. The minimum absolute atomic E-state index is 0.106. The molecule has 42 heavy (non-hydrogen) atoms. The molecule has 0 aromatic heterocycles. The van der Waals surface area contributed by atoms with Gasteiger partial charge in [-0.05, 0) is 40.8 Å². The topological polar surface area (TPSA) is 91.4 Å². The summed E-state index contributed by atoms with van der Waals surface area (Å²) in [4.78, 5) is 43.6. The zero-order valence-corrected chi connectivity index (χ0v) is 25.6. The molecule has 0 spiro atoms. The van der Waals surface area contributed by atoms with Crippen molar-refractivity contribution in [3.63, 3.8) is 0 Å². The summed E-state index contributed by atoms with van der Waals surface area (Å²) < 4.78 is 24.1. The summed E-state index contributed by atoms with van der Waals surface area (Å²) >= 11 is 3.54. The highest BCUT2D eigenvalue weighted by Crippen LogP contribution is 2.60. The lowest BCUT2D eigenvalue weighted by molar-refractivity contribution is -0.141. The fourth-order valence-electron chi connectivity index (χ4n) is 6.57. The average Bonchev–Trinajstić information content (AvgIpc) is 3.38. The minimum atomic E-state index is -0.891. The van der Waals surface area contributed by atoms with E-state index in [4.69, 9.17) is 18.9 Å². The van der Waals surface area contributed by atoms with Gasteiger partial charge in [-0.25, -0.2) is 9.69 Å². The van der Waals surface area contributed by atoms with E-state index in [0.717, 1.165) is 10.0 Å². The van der Waals surface area contributed by atoms with Crippen molar-refractivity contribution in [3.05, 3.63) is 87.4 Å². The predicted octanol–water partition coefficient (Wildman–Crippen LogP) is 6.67. The van der Waals surface area contributed by atoms with E-state index in [1.54, 1.807) is 25.3 Å². The van der Waals surface area contributed by atoms with Crippen LogP contribution >= 0.6 is 15.9 Å². The van der Waals surface area contributed by atoms with E-state index < -0.39 is 47.3 Å². The number of rotatable bonds is 5. The number of amides is 2. The third-order valence-electron chi connectivity index (χ3n) is 8.63. The molecule has 1 unspecified atom stereocenters. The van der Waals surface area contributed by atoms with Gasteiger partial charge in [0.25, 0.3) is 0 Å². The van der Waals surface area contributed by atoms with Gasteiger partial charge in [-0.3, -0.25) is 9.59 Å². The number of carbonyl (C=O) groups excluding carboxylic acids is 3. The Kier molecular flexibility index (Phi) is 7.04. The molecule has 1 saturated heterocycles. The highest BCUT2D eigenvalue weighted by atomic mass is 79.9. The smallest absolute Gasteiger partial charge is 0.417 e. The van der Waals surface area contributed by atoms with Crippen LogP contribution in [0.1, 0.15) is 65.8 Å². The zero-order chi connectivity index (χ0) is 29.9. The number of methoxy groups -OCH3 is 2. The van der Waals surface area contributed by atoms with Gasteiger partial charge in [-0.1, -0.05) is 73.1 Å². The Morgan fingerprint density at radius 1 is 0.929 bits per heavy atom. The van der Waals surface area contributed by atoms with Crippen LogP contribution in [0, 0.1) is 11.3 Å². The van der Waals surface area contributed by atoms with Crippen LogP contribution < -0.4 is 14.2 Å². The summed E-state index contributed by atoms with van der Waals surface area (Å²) in [6.07, 6.45) is -1.48. The van der Waals surface area contributed by atoms with Crippen molar-refractivity contribution >= 4 is 33.7 Å². The molecule has 0 N–H and O–H groups in total. The maximum atomic E-state index is 14.7. The summed E-state index contributed by atoms with van der Waals surface area (Å²) in [6, 6.07) is 17.8. The Labute approximate surface area is 253 Å². The fourth-order valence-corrected chi connectivity index (χ4v) is 6.91. The number of ketones is 1. The molecule has 2 amide bonds. The van der Waals surface area contributed by atoms with Crippen molar-refractivity contribution in [2.24, 2.45) is 11.3 Å². The first-order valence-corrected chi connectivity index (χ1v) is 14.7. The number of nitrogens with zero attached hydrogens (tertiary/aromatic N) is 1. The quantitative estimate of drug-likeness (QED) is 0.290. The molecule has 3 aliphatic rings. The molecular formula is C33H32BrNO7. The number of ether oxygens (including phenoxy) is 4. The van der Waals surface area contributed by atoms with Crippen molar-refractivity contribution in [2.45, 2.75) is 44.8 Å². The molecular weight excluding hydrogens is 602 g/mol. The molecule has 2 heterocycles. The van der Waals surface area contributed by atoms with Crippen LogP contribution in [0.4, 0.5) is 4.79 Å². The van der Waals surface area contributed by atoms with E-state index in [1.165, 1.54) is 12.0 Å². The number of benzene rings is 3. The van der Waals surface area contributed by atoms with Crippen LogP contribution in [-0.2, 0) is 9.53 Å². The Morgan fingerprint density at radius 3 is 2.24 bits per heavy atom. The molecule has 3 aromatic carbocycles. The third kappa shape index (κ3) is 4.45. The first-order valence-electron chi connectivity index (χ1n) is 13.9. The van der Waals surface area contributed by atoms with Gasteiger partial charge < -0.3 is 18.9 Å². The van der Waals surface area contributed by atoms with Gasteiger partial charge in [0.1, 0.15) is 18.5 Å². The number of carbonyl (C=O) groups is 3. The summed E-state index contributed by atoms with van der Waals surface area (Å²) in [7, 11) is 3.08. The lowest BCUT2D eigenvalue weighted by Crippen LogP contribution is -2.53. The maximum Gasteiger partial charge on any atom is 0.417 e. The number of hydrogen-bond donors (Lipinski definition) is 0. The summed E-state index contributed by atoms with van der Waals surface area (Å²) in [5.41, 5.74) is 2.16. The summed E-state index contributed by atoms with van der Waals surface area (Å²) in [6.45, 7) is 6.02. The molecule has 3 aromatic rings. The van der Waals surface area contributed by atoms with Crippen LogP contribution in [0.15, 0.2) is 65.1 Å². The van der Waals surface area contributed by atoms with Gasteiger partial charge in [0.05, 0.1) is 32.1 Å². The highest BCUT2D eigenvalue weighted by molar-refractivity contribution is 9.10. The van der Waals surface area contributed by atoms with Gasteiger partial charge in [0.15, 0.2) is 17.3 Å². The monoisotopic (exact) mass is 633 g/mol. The van der Waals surface area contributed by atoms with E-state index in [9.17, 15) is 14.4 Å². The molecule has 5 atom stereocenters. The van der Waals surface area contributed by atoms with Crippen LogP contribution in [-0.4, -0.2) is 49.6 Å². The molecule has 218 valence electrons. The fraction of sp³-hybridized carbons (Fsp3) is 0.364. The van der Waals surface area contributed by atoms with Gasteiger partial charge in [-0.2, -0.15) is 0 Å². The summed E-state index contributed by atoms with van der Waals surface area (Å²) in [5, 5.41) is 0. The largest absolute Gasteiger partial charge is 0.493 e. The Bertz CT molecular complexity index is 1580. The second-order valence-corrected chi connectivity index (χ2v) is 12.9. The normalized spacial score (nSPS) is 24.2. The van der Waals surface area contributed by atoms with Crippen LogP contribution in [0.2, 0.25) is 0 Å². The maximum absolute atomic E-state index is 14.7. The molecule has 0 saturated carbocycles. The number of hydrogen-bond acceptors (Lipinski definition) is 7. The first kappa shape index (κ1) is 28.3. The molecule has 8 nitrogen and oxygen atoms in total. The lowest BCUT2D eigenvalue weighted by atomic mass is 9.61. The van der Waals surface area contributed by atoms with Crippen LogP contribution in [0.5, 0.6) is 17.2 Å². The van der Waals surface area contributed by atoms with Gasteiger partial charge in [0.2, 0.25) is 5.91 Å². The van der Waals surface area contributed by atoms with E-state index in [2.05, 4.69) is 15.9 Å². The number of imide groups is 1. The van der Waals surface area contributed by atoms with E-state index in [-0.39, 0.29) is 12.4 Å². The van der Waals surface area contributed by atoms with Crippen molar-refractivity contribution in [1.29, 1.82) is 0 Å². The van der Waals surface area contributed by atoms with Gasteiger partial charge in [0, 0.05) is 21.5 Å². The zero-order valence-electron chi connectivity index (χ0n) is 24.1. The van der Waals surface area contributed by atoms with Crippen molar-refractivity contribution < 1.29 is 33.3 Å². The van der Waals surface area contributed by atoms with Gasteiger partial charge in [-0.15, -0.1) is 0 Å². The van der Waals surface area contributed by atoms with E-state index >= 15 is 0 Å². The summed E-state index contributed by atoms with van der Waals surface area (Å²) in [5.74, 6) is -1.37. The number of Topliss-reactive ketones (excluding diaryl/α,β-unsaturated/α-hetero) is 1. The number of halogens is 1. The van der Waals surface area contributed by atoms with Crippen molar-refractivity contribution in [1.82, 2.24) is 4.90 Å². The highest BCUT2D eigenvalue weighted by Gasteiger charge is 2.58. The van der Waals surface area contributed by atoms with Crippen molar-refractivity contribution in [2.75, 3.05) is 20.8 Å². The number of cyclic esters (lactones) is 1. The molecule has 1 aliphatic carbocycles. The average molecular weight is 635 g/mol. The van der Waals surface area contributed by atoms with Crippen molar-refractivity contribution in [3.8, 4) is 17.2 Å². The second-order valence-electron chi connectivity index (χ2n) is 12.0. The SMILES string of the molecule is COc1cc2c(cc1OC)[C@H](C(=O)c1ccccc1)[C@H]1c3ccc(Br)cc3O[C@@H]2[C@H]1C(=O)N1C(=O)OCC1C(C)(C)C. The molecule has 0 radical (unpaired) electrons. The predicted molar refractivity (Wildman–Crippen MR) is 158 cm³/mol. The van der Waals surface area contributed by atoms with Crippen LogP contribution in [0.3, 0.4) is 0 Å². The van der Waals surface area contributed by atoms with Gasteiger partial charge >= 0.3 is 6.09 Å². The Morgan fingerprint density at radius 2 is 1.60 bits per heavy atom. The standard InChI is InChI=1S/C33H32BrNO7/c1-33(2,3)25-16-41-32(38)35(25)31(37)28-26-19-12-11-18(34)13-22(19)42-30(28)21-15-24(40-5)23(39-4)14-20(21)27(26)29(36)17-9-7-6-8-10-17/h6-15,25-28,30H,16H2,1-5H3/t25?,26-,27+,28+,30+/m1/s1. The molecule has 1 fully saturated rings. The molecule has 2 bridgehead atoms.